The Morgan fingerprint density at radius 2 is 1.69 bits per heavy atom. The van der Waals surface area contributed by atoms with Gasteiger partial charge in [0.15, 0.2) is 5.82 Å². The second-order valence-corrected chi connectivity index (χ2v) is 7.88. The zero-order chi connectivity index (χ0) is 21.9. The molecule has 7 nitrogen and oxygen atoms in total. The number of fused-ring (bicyclic) bond motifs is 1. The lowest BCUT2D eigenvalue weighted by Crippen LogP contribution is -2.49. The van der Waals surface area contributed by atoms with Crippen molar-refractivity contribution >= 4 is 22.6 Å². The molecule has 0 radical (unpaired) electrons. The summed E-state index contributed by atoms with van der Waals surface area (Å²) in [6, 6.07) is 21.9. The summed E-state index contributed by atoms with van der Waals surface area (Å²) in [6.45, 7) is 3.22. The van der Waals surface area contributed by atoms with E-state index in [4.69, 9.17) is 4.74 Å². The number of para-hydroxylation sites is 1. The van der Waals surface area contributed by atoms with Crippen molar-refractivity contribution in [1.82, 2.24) is 19.7 Å². The van der Waals surface area contributed by atoms with Gasteiger partial charge >= 0.3 is 0 Å². The maximum absolute atomic E-state index is 12.8. The molecule has 7 heteroatoms. The van der Waals surface area contributed by atoms with Gasteiger partial charge in [0.2, 0.25) is 5.91 Å². The average molecular weight is 428 g/mol. The summed E-state index contributed by atoms with van der Waals surface area (Å²) in [5.41, 5.74) is 2.91. The SMILES string of the molecule is COc1ccc(-c2ccc(N3CCN(C(=O)Cn4ccc5ccccc54)CC3)nn2)cc1. The van der Waals surface area contributed by atoms with Crippen LogP contribution in [0.1, 0.15) is 0 Å². The Hall–Kier alpha value is -3.87. The molecule has 4 aromatic rings. The molecule has 1 amide bonds. The Kier molecular flexibility index (Phi) is 5.46. The number of aromatic nitrogens is 3. The number of carbonyl (C=O) groups is 1. The number of ether oxygens (including phenoxy) is 1. The summed E-state index contributed by atoms with van der Waals surface area (Å²) in [7, 11) is 1.65. The molecular weight excluding hydrogens is 402 g/mol. The fraction of sp³-hybridized carbons (Fsp3) is 0.240. The average Bonchev–Trinajstić information content (AvgIpc) is 3.27. The molecule has 5 rings (SSSR count). The third-order valence-electron chi connectivity index (χ3n) is 5.98. The van der Waals surface area contributed by atoms with Crippen LogP contribution in [0.5, 0.6) is 5.75 Å². The van der Waals surface area contributed by atoms with E-state index in [0.29, 0.717) is 19.6 Å². The van der Waals surface area contributed by atoms with Crippen LogP contribution in [0.4, 0.5) is 5.82 Å². The molecule has 1 aliphatic rings. The highest BCUT2D eigenvalue weighted by molar-refractivity contribution is 5.83. The van der Waals surface area contributed by atoms with E-state index in [0.717, 1.165) is 46.8 Å². The first-order valence-corrected chi connectivity index (χ1v) is 10.8. The van der Waals surface area contributed by atoms with Crippen molar-refractivity contribution in [2.75, 3.05) is 38.2 Å². The quantitative estimate of drug-likeness (QED) is 0.488. The minimum atomic E-state index is 0.145. The lowest BCUT2D eigenvalue weighted by atomic mass is 10.1. The van der Waals surface area contributed by atoms with Crippen LogP contribution in [0.2, 0.25) is 0 Å². The van der Waals surface area contributed by atoms with Crippen molar-refractivity contribution in [3.8, 4) is 17.0 Å². The van der Waals surface area contributed by atoms with E-state index < -0.39 is 0 Å². The molecule has 0 aliphatic carbocycles. The summed E-state index contributed by atoms with van der Waals surface area (Å²) in [6.07, 6.45) is 1.98. The van der Waals surface area contributed by atoms with Gasteiger partial charge in [0, 0.05) is 43.5 Å². The number of methoxy groups -OCH3 is 1. The topological polar surface area (TPSA) is 63.5 Å². The van der Waals surface area contributed by atoms with Crippen molar-refractivity contribution in [2.45, 2.75) is 6.54 Å². The molecule has 0 bridgehead atoms. The summed E-state index contributed by atoms with van der Waals surface area (Å²) in [5, 5.41) is 9.97. The number of anilines is 1. The van der Waals surface area contributed by atoms with Gasteiger partial charge in [-0.1, -0.05) is 18.2 Å². The molecule has 0 spiro atoms. The highest BCUT2D eigenvalue weighted by atomic mass is 16.5. The molecule has 2 aromatic carbocycles. The first-order chi connectivity index (χ1) is 15.7. The summed E-state index contributed by atoms with van der Waals surface area (Å²) in [5.74, 6) is 1.80. The molecule has 1 fully saturated rings. The Morgan fingerprint density at radius 3 is 2.41 bits per heavy atom. The zero-order valence-electron chi connectivity index (χ0n) is 18.0. The Bertz CT molecular complexity index is 1210. The maximum Gasteiger partial charge on any atom is 0.242 e. The van der Waals surface area contributed by atoms with Crippen LogP contribution in [-0.2, 0) is 11.3 Å². The van der Waals surface area contributed by atoms with E-state index in [9.17, 15) is 4.79 Å². The number of rotatable bonds is 5. The molecule has 3 heterocycles. The monoisotopic (exact) mass is 427 g/mol. The third-order valence-corrected chi connectivity index (χ3v) is 5.98. The van der Waals surface area contributed by atoms with Crippen LogP contribution in [0.15, 0.2) is 72.9 Å². The Balaban J connectivity index is 1.19. The number of hydrogen-bond donors (Lipinski definition) is 0. The Morgan fingerprint density at radius 1 is 0.906 bits per heavy atom. The summed E-state index contributed by atoms with van der Waals surface area (Å²) in [4.78, 5) is 17.0. The van der Waals surface area contributed by atoms with Gasteiger partial charge in [-0.15, -0.1) is 10.2 Å². The fourth-order valence-electron chi connectivity index (χ4n) is 4.12. The number of carbonyl (C=O) groups excluding carboxylic acids is 1. The van der Waals surface area contributed by atoms with Gasteiger partial charge in [-0.25, -0.2) is 0 Å². The third kappa shape index (κ3) is 4.01. The lowest BCUT2D eigenvalue weighted by Gasteiger charge is -2.35. The predicted octanol–water partition coefficient (Wildman–Crippen LogP) is 3.46. The van der Waals surface area contributed by atoms with Gasteiger partial charge in [0.1, 0.15) is 12.3 Å². The Labute approximate surface area is 186 Å². The van der Waals surface area contributed by atoms with Gasteiger partial charge in [0.05, 0.1) is 12.8 Å². The minimum absolute atomic E-state index is 0.145. The van der Waals surface area contributed by atoms with E-state index in [1.807, 2.05) is 64.2 Å². The number of piperazine rings is 1. The van der Waals surface area contributed by atoms with Gasteiger partial charge in [-0.05, 0) is 53.9 Å². The van der Waals surface area contributed by atoms with Crippen molar-refractivity contribution in [1.29, 1.82) is 0 Å². The highest BCUT2D eigenvalue weighted by Crippen LogP contribution is 2.22. The summed E-state index contributed by atoms with van der Waals surface area (Å²) >= 11 is 0. The second kappa shape index (κ2) is 8.70. The first-order valence-electron chi connectivity index (χ1n) is 10.8. The molecular formula is C25H25N5O2. The van der Waals surface area contributed by atoms with Gasteiger partial charge < -0.3 is 19.1 Å². The lowest BCUT2D eigenvalue weighted by molar-refractivity contribution is -0.132. The normalized spacial score (nSPS) is 14.0. The van der Waals surface area contributed by atoms with E-state index >= 15 is 0 Å². The molecule has 32 heavy (non-hydrogen) atoms. The molecule has 0 saturated carbocycles. The van der Waals surface area contributed by atoms with E-state index in [1.54, 1.807) is 7.11 Å². The molecule has 0 atom stereocenters. The number of hydrogen-bond acceptors (Lipinski definition) is 5. The van der Waals surface area contributed by atoms with Crippen molar-refractivity contribution < 1.29 is 9.53 Å². The summed E-state index contributed by atoms with van der Waals surface area (Å²) < 4.78 is 7.23. The standard InChI is InChI=1S/C25H25N5O2/c1-32-21-8-6-19(7-9-21)22-10-11-24(27-26-22)28-14-16-29(17-15-28)25(31)18-30-13-12-20-4-2-3-5-23(20)30/h2-13H,14-18H2,1H3. The van der Waals surface area contributed by atoms with E-state index in [1.165, 1.54) is 0 Å². The first kappa shape index (κ1) is 20.1. The highest BCUT2D eigenvalue weighted by Gasteiger charge is 2.22. The van der Waals surface area contributed by atoms with E-state index in [-0.39, 0.29) is 5.91 Å². The molecule has 2 aromatic heterocycles. The van der Waals surface area contributed by atoms with Gasteiger partial charge in [-0.2, -0.15) is 0 Å². The fourth-order valence-corrected chi connectivity index (χ4v) is 4.12. The van der Waals surface area contributed by atoms with Crippen molar-refractivity contribution in [2.24, 2.45) is 0 Å². The smallest absolute Gasteiger partial charge is 0.242 e. The minimum Gasteiger partial charge on any atom is -0.497 e. The molecule has 1 aliphatic heterocycles. The molecule has 0 unspecified atom stereocenters. The van der Waals surface area contributed by atoms with Crippen LogP contribution >= 0.6 is 0 Å². The van der Waals surface area contributed by atoms with Crippen LogP contribution < -0.4 is 9.64 Å². The number of amides is 1. The largest absolute Gasteiger partial charge is 0.497 e. The van der Waals surface area contributed by atoms with Gasteiger partial charge in [0.25, 0.3) is 0 Å². The van der Waals surface area contributed by atoms with Crippen molar-refractivity contribution in [3.63, 3.8) is 0 Å². The van der Waals surface area contributed by atoms with Crippen LogP contribution in [-0.4, -0.2) is 58.9 Å². The van der Waals surface area contributed by atoms with Crippen LogP contribution in [0.3, 0.4) is 0 Å². The predicted molar refractivity (Wildman–Crippen MR) is 125 cm³/mol. The molecule has 1 saturated heterocycles. The molecule has 0 N–H and O–H groups in total. The van der Waals surface area contributed by atoms with Gasteiger partial charge in [-0.3, -0.25) is 4.79 Å². The second-order valence-electron chi connectivity index (χ2n) is 7.88. The van der Waals surface area contributed by atoms with Crippen molar-refractivity contribution in [3.05, 3.63) is 72.9 Å². The maximum atomic E-state index is 12.8. The number of benzene rings is 2. The number of nitrogens with zero attached hydrogens (tertiary/aromatic N) is 5. The van der Waals surface area contributed by atoms with Crippen LogP contribution in [0.25, 0.3) is 22.2 Å². The van der Waals surface area contributed by atoms with E-state index in [2.05, 4.69) is 33.3 Å². The molecule has 162 valence electrons. The van der Waals surface area contributed by atoms with Crippen LogP contribution in [0, 0.1) is 0 Å². The zero-order valence-corrected chi connectivity index (χ0v) is 18.0.